The zero-order valence-electron chi connectivity index (χ0n) is 13.7. The van der Waals surface area contributed by atoms with Gasteiger partial charge < -0.3 is 0 Å². The smallest absolute Gasteiger partial charge is 0.0934 e. The summed E-state index contributed by atoms with van der Waals surface area (Å²) < 4.78 is 0. The van der Waals surface area contributed by atoms with Gasteiger partial charge in [0.2, 0.25) is 0 Å². The predicted octanol–water partition coefficient (Wildman–Crippen LogP) is 6.16. The van der Waals surface area contributed by atoms with E-state index in [2.05, 4.69) is 61.6 Å². The second-order valence-corrected chi connectivity index (χ2v) is 6.32. The molecule has 0 fully saturated rings. The molecule has 0 atom stereocenters. The van der Waals surface area contributed by atoms with Gasteiger partial charge in [-0.1, -0.05) is 100 Å². The third-order valence-corrected chi connectivity index (χ3v) is 4.54. The fourth-order valence-corrected chi connectivity index (χ4v) is 3.06. The molecule has 0 aromatic heterocycles. The average molecular weight is 293 g/mol. The summed E-state index contributed by atoms with van der Waals surface area (Å²) in [5, 5.41) is 9.59. The summed E-state index contributed by atoms with van der Waals surface area (Å²) in [7, 11) is 0. The number of allylic oxidation sites excluding steroid dienone is 4. The molecule has 116 valence electrons. The van der Waals surface area contributed by atoms with Gasteiger partial charge >= 0.3 is 0 Å². The van der Waals surface area contributed by atoms with Gasteiger partial charge in [0.1, 0.15) is 0 Å². The molecule has 0 amide bonds. The van der Waals surface area contributed by atoms with Gasteiger partial charge in [0.05, 0.1) is 11.5 Å². The fourth-order valence-electron chi connectivity index (χ4n) is 3.06. The maximum Gasteiger partial charge on any atom is 0.0934 e. The number of hydrogen-bond acceptors (Lipinski definition) is 1. The van der Waals surface area contributed by atoms with Crippen LogP contribution in [0.15, 0.2) is 54.6 Å². The molecule has 0 saturated carbocycles. The van der Waals surface area contributed by atoms with Crippen molar-refractivity contribution in [2.75, 3.05) is 0 Å². The van der Waals surface area contributed by atoms with Crippen molar-refractivity contribution in [1.82, 2.24) is 0 Å². The largest absolute Gasteiger partial charge is 0.197 e. The van der Waals surface area contributed by atoms with Crippen LogP contribution in [0.25, 0.3) is 0 Å². The molecule has 1 aliphatic carbocycles. The normalized spacial score (nSPS) is 23.4. The van der Waals surface area contributed by atoms with Crippen LogP contribution in [0.1, 0.15) is 63.4 Å². The molecule has 1 heteroatoms. The van der Waals surface area contributed by atoms with Crippen molar-refractivity contribution in [2.45, 2.75) is 57.8 Å². The molecule has 0 aliphatic heterocycles. The van der Waals surface area contributed by atoms with Crippen molar-refractivity contribution in [3.63, 3.8) is 0 Å². The van der Waals surface area contributed by atoms with E-state index in [9.17, 15) is 5.26 Å². The van der Waals surface area contributed by atoms with Crippen LogP contribution in [0.3, 0.4) is 0 Å². The van der Waals surface area contributed by atoms with E-state index in [0.717, 1.165) is 12.8 Å². The van der Waals surface area contributed by atoms with E-state index in [-0.39, 0.29) is 5.41 Å². The third kappa shape index (κ3) is 4.60. The topological polar surface area (TPSA) is 23.8 Å². The molecule has 0 heterocycles. The van der Waals surface area contributed by atoms with Crippen LogP contribution in [0, 0.1) is 16.7 Å². The van der Waals surface area contributed by atoms with Crippen molar-refractivity contribution < 1.29 is 0 Å². The maximum absolute atomic E-state index is 9.59. The van der Waals surface area contributed by atoms with E-state index in [1.165, 1.54) is 37.7 Å². The van der Waals surface area contributed by atoms with E-state index in [1.807, 2.05) is 6.07 Å². The van der Waals surface area contributed by atoms with Gasteiger partial charge in [-0.3, -0.25) is 0 Å². The molecule has 22 heavy (non-hydrogen) atoms. The van der Waals surface area contributed by atoms with E-state index >= 15 is 0 Å². The Hall–Kier alpha value is -1.81. The van der Waals surface area contributed by atoms with Crippen molar-refractivity contribution in [3.05, 3.63) is 60.2 Å². The maximum atomic E-state index is 9.59. The molecule has 1 aliphatic rings. The highest BCUT2D eigenvalue weighted by molar-refractivity contribution is 5.37. The molecular formula is C21H27N. The highest BCUT2D eigenvalue weighted by Gasteiger charge is 2.26. The first-order valence-electron chi connectivity index (χ1n) is 8.64. The first kappa shape index (κ1) is 16.6. The SMILES string of the molecule is CCCCCCCCC1(C#N)C=CC(c2ccccc2)C=C1. The Morgan fingerprint density at radius 3 is 2.23 bits per heavy atom. The lowest BCUT2D eigenvalue weighted by molar-refractivity contribution is 0.501. The molecule has 0 saturated heterocycles. The van der Waals surface area contributed by atoms with Crippen LogP contribution in [-0.2, 0) is 0 Å². The Bertz CT molecular complexity index is 519. The zero-order valence-corrected chi connectivity index (χ0v) is 13.7. The molecule has 1 aromatic carbocycles. The third-order valence-electron chi connectivity index (χ3n) is 4.54. The van der Waals surface area contributed by atoms with Crippen LogP contribution < -0.4 is 0 Å². The van der Waals surface area contributed by atoms with Gasteiger partial charge in [-0.2, -0.15) is 5.26 Å². The van der Waals surface area contributed by atoms with Crippen LogP contribution in [0.5, 0.6) is 0 Å². The summed E-state index contributed by atoms with van der Waals surface area (Å²) in [5.74, 6) is 0.312. The van der Waals surface area contributed by atoms with Crippen molar-refractivity contribution in [2.24, 2.45) is 5.41 Å². The quantitative estimate of drug-likeness (QED) is 0.416. The minimum Gasteiger partial charge on any atom is -0.197 e. The molecule has 0 radical (unpaired) electrons. The second kappa shape index (κ2) is 8.59. The lowest BCUT2D eigenvalue weighted by Crippen LogP contribution is -2.16. The molecule has 0 bridgehead atoms. The Labute approximate surface area is 135 Å². The van der Waals surface area contributed by atoms with Crippen LogP contribution in [0.2, 0.25) is 0 Å². The Kier molecular flexibility index (Phi) is 6.46. The Morgan fingerprint density at radius 1 is 0.955 bits per heavy atom. The van der Waals surface area contributed by atoms with Crippen LogP contribution in [-0.4, -0.2) is 0 Å². The Balaban J connectivity index is 1.86. The molecule has 1 nitrogen and oxygen atoms in total. The summed E-state index contributed by atoms with van der Waals surface area (Å²) in [6, 6.07) is 13.0. The lowest BCUT2D eigenvalue weighted by Gasteiger charge is -2.24. The average Bonchev–Trinajstić information content (AvgIpc) is 2.59. The highest BCUT2D eigenvalue weighted by Crippen LogP contribution is 2.35. The first-order valence-corrected chi connectivity index (χ1v) is 8.64. The van der Waals surface area contributed by atoms with Crippen molar-refractivity contribution in [1.29, 1.82) is 5.26 Å². The number of nitriles is 1. The summed E-state index contributed by atoms with van der Waals surface area (Å²) in [4.78, 5) is 0. The molecule has 2 rings (SSSR count). The summed E-state index contributed by atoms with van der Waals surface area (Å²) >= 11 is 0. The molecule has 1 aromatic rings. The first-order chi connectivity index (χ1) is 10.8. The van der Waals surface area contributed by atoms with E-state index in [0.29, 0.717) is 5.92 Å². The number of unbranched alkanes of at least 4 members (excludes halogenated alkanes) is 5. The van der Waals surface area contributed by atoms with E-state index in [1.54, 1.807) is 0 Å². The fraction of sp³-hybridized carbons (Fsp3) is 0.476. The van der Waals surface area contributed by atoms with E-state index < -0.39 is 0 Å². The number of nitrogens with zero attached hydrogens (tertiary/aromatic N) is 1. The van der Waals surface area contributed by atoms with Gasteiger partial charge in [-0.15, -0.1) is 0 Å². The van der Waals surface area contributed by atoms with E-state index in [4.69, 9.17) is 0 Å². The molecule has 0 unspecified atom stereocenters. The van der Waals surface area contributed by atoms with Gasteiger partial charge in [0, 0.05) is 5.92 Å². The monoisotopic (exact) mass is 293 g/mol. The highest BCUT2D eigenvalue weighted by atomic mass is 14.4. The van der Waals surface area contributed by atoms with Crippen LogP contribution in [0.4, 0.5) is 0 Å². The van der Waals surface area contributed by atoms with Crippen molar-refractivity contribution in [3.8, 4) is 6.07 Å². The molecular weight excluding hydrogens is 266 g/mol. The lowest BCUT2D eigenvalue weighted by atomic mass is 9.77. The van der Waals surface area contributed by atoms with Gasteiger partial charge in [0.15, 0.2) is 0 Å². The Morgan fingerprint density at radius 2 is 1.59 bits per heavy atom. The number of benzene rings is 1. The number of hydrogen-bond donors (Lipinski definition) is 0. The minimum absolute atomic E-state index is 0.312. The summed E-state index contributed by atoms with van der Waals surface area (Å²) in [6.45, 7) is 2.24. The van der Waals surface area contributed by atoms with Crippen molar-refractivity contribution >= 4 is 0 Å². The molecule has 0 spiro atoms. The van der Waals surface area contributed by atoms with Gasteiger partial charge in [-0.05, 0) is 12.0 Å². The predicted molar refractivity (Wildman–Crippen MR) is 93.5 cm³/mol. The second-order valence-electron chi connectivity index (χ2n) is 6.32. The van der Waals surface area contributed by atoms with Crippen LogP contribution >= 0.6 is 0 Å². The number of rotatable bonds is 8. The summed E-state index contributed by atoms with van der Waals surface area (Å²) in [5.41, 5.74) is 0.914. The summed E-state index contributed by atoms with van der Waals surface area (Å²) in [6.07, 6.45) is 17.2. The van der Waals surface area contributed by atoms with Gasteiger partial charge in [-0.25, -0.2) is 0 Å². The minimum atomic E-state index is -0.379. The van der Waals surface area contributed by atoms with Gasteiger partial charge in [0.25, 0.3) is 0 Å². The standard InChI is InChI=1S/C21H27N/c1-2-3-4-5-6-10-15-21(18-22)16-13-20(14-17-21)19-11-8-7-9-12-19/h7-9,11-14,16-17,20H,2-6,10,15H2,1H3. The molecule has 0 N–H and O–H groups in total. The zero-order chi connectivity index (χ0) is 15.7.